The van der Waals surface area contributed by atoms with E-state index in [0.717, 1.165) is 40.2 Å². The van der Waals surface area contributed by atoms with E-state index >= 15 is 0 Å². The molecule has 0 spiro atoms. The highest BCUT2D eigenvalue weighted by molar-refractivity contribution is 5.60. The molecule has 27 heavy (non-hydrogen) atoms. The van der Waals surface area contributed by atoms with Gasteiger partial charge in [-0.05, 0) is 57.7 Å². The lowest BCUT2D eigenvalue weighted by Crippen LogP contribution is -2.40. The number of pyridine rings is 1. The molecule has 1 aliphatic heterocycles. The van der Waals surface area contributed by atoms with E-state index in [-0.39, 0.29) is 12.6 Å². The lowest BCUT2D eigenvalue weighted by atomic mass is 10.1. The Balaban J connectivity index is 2.03. The number of nitrogens with zero attached hydrogens (tertiary/aromatic N) is 2. The third-order valence-corrected chi connectivity index (χ3v) is 5.15. The van der Waals surface area contributed by atoms with Crippen molar-refractivity contribution in [2.45, 2.75) is 60.1 Å². The number of aliphatic hydroxyl groups excluding tert-OH is 1. The molecule has 0 fully saturated rings. The molecular formula is C22H30N2O3. The van der Waals surface area contributed by atoms with Crippen LogP contribution in [-0.2, 0) is 11.3 Å². The Morgan fingerprint density at radius 3 is 2.52 bits per heavy atom. The van der Waals surface area contributed by atoms with Crippen molar-refractivity contribution in [3.05, 3.63) is 46.1 Å². The molecule has 1 N–H and O–H groups in total. The van der Waals surface area contributed by atoms with E-state index in [4.69, 9.17) is 9.47 Å². The second-order valence-corrected chi connectivity index (χ2v) is 7.42. The van der Waals surface area contributed by atoms with Gasteiger partial charge >= 0.3 is 0 Å². The maximum absolute atomic E-state index is 9.43. The van der Waals surface area contributed by atoms with Crippen molar-refractivity contribution in [3.63, 3.8) is 0 Å². The molecule has 5 nitrogen and oxygen atoms in total. The first-order valence-electron chi connectivity index (χ1n) is 9.66. The molecule has 5 heteroatoms. The Hall–Kier alpha value is -2.11. The summed E-state index contributed by atoms with van der Waals surface area (Å²) in [5, 5.41) is 9.43. The zero-order chi connectivity index (χ0) is 19.6. The minimum Gasteiger partial charge on any atom is -0.438 e. The van der Waals surface area contributed by atoms with Gasteiger partial charge < -0.3 is 19.5 Å². The molecule has 1 aromatic heterocycles. The van der Waals surface area contributed by atoms with Gasteiger partial charge in [-0.2, -0.15) is 0 Å². The van der Waals surface area contributed by atoms with Crippen LogP contribution in [0.15, 0.2) is 18.2 Å². The SMILES string of the molecule is CCC(CCO)N1COCc2c1cc(C)nc2Oc1c(C)cc(C)cc1C. The van der Waals surface area contributed by atoms with Crippen LogP contribution in [0.25, 0.3) is 0 Å². The second-order valence-electron chi connectivity index (χ2n) is 7.42. The van der Waals surface area contributed by atoms with Crippen LogP contribution in [0.3, 0.4) is 0 Å². The molecule has 0 saturated heterocycles. The highest BCUT2D eigenvalue weighted by Gasteiger charge is 2.27. The second kappa shape index (κ2) is 8.28. The van der Waals surface area contributed by atoms with Crippen LogP contribution in [-0.4, -0.2) is 29.5 Å². The minimum atomic E-state index is 0.166. The number of aromatic nitrogens is 1. The largest absolute Gasteiger partial charge is 0.438 e. The molecule has 2 heterocycles. The number of anilines is 1. The number of aliphatic hydroxyl groups is 1. The smallest absolute Gasteiger partial charge is 0.227 e. The summed E-state index contributed by atoms with van der Waals surface area (Å²) in [6.07, 6.45) is 1.66. The standard InChI is InChI=1S/C22H30N2O3/c1-6-18(7-8-25)24-13-26-12-19-20(24)11-17(5)23-22(19)27-21-15(3)9-14(2)10-16(21)4/h9-11,18,25H,6-8,12-13H2,1-5H3. The molecule has 0 radical (unpaired) electrons. The Morgan fingerprint density at radius 2 is 1.89 bits per heavy atom. The van der Waals surface area contributed by atoms with Crippen molar-refractivity contribution >= 4 is 5.69 Å². The normalized spacial score (nSPS) is 14.8. The summed E-state index contributed by atoms with van der Waals surface area (Å²) < 4.78 is 12.2. The molecule has 1 unspecified atom stereocenters. The fraction of sp³-hybridized carbons (Fsp3) is 0.500. The van der Waals surface area contributed by atoms with Crippen LogP contribution in [0.1, 0.15) is 47.7 Å². The van der Waals surface area contributed by atoms with Gasteiger partial charge in [0, 0.05) is 18.3 Å². The number of ether oxygens (including phenoxy) is 2. The Morgan fingerprint density at radius 1 is 1.19 bits per heavy atom. The van der Waals surface area contributed by atoms with E-state index in [0.29, 0.717) is 25.6 Å². The maximum Gasteiger partial charge on any atom is 0.227 e. The Labute approximate surface area is 161 Å². The molecule has 3 rings (SSSR count). The Bertz CT molecular complexity index is 796. The number of hydrogen-bond acceptors (Lipinski definition) is 5. The average Bonchev–Trinajstić information content (AvgIpc) is 2.62. The molecule has 2 aromatic rings. The third kappa shape index (κ3) is 4.09. The molecule has 0 amide bonds. The van der Waals surface area contributed by atoms with Crippen molar-refractivity contribution in [3.8, 4) is 11.6 Å². The molecule has 0 saturated carbocycles. The van der Waals surface area contributed by atoms with Crippen LogP contribution < -0.4 is 9.64 Å². The highest BCUT2D eigenvalue weighted by atomic mass is 16.5. The van der Waals surface area contributed by atoms with E-state index < -0.39 is 0 Å². The fourth-order valence-corrected chi connectivity index (χ4v) is 3.90. The first kappa shape index (κ1) is 19.6. The first-order chi connectivity index (χ1) is 12.9. The number of rotatable bonds is 6. The zero-order valence-electron chi connectivity index (χ0n) is 17.0. The van der Waals surface area contributed by atoms with Gasteiger partial charge in [0.25, 0.3) is 0 Å². The van der Waals surface area contributed by atoms with Crippen molar-refractivity contribution in [1.82, 2.24) is 4.98 Å². The van der Waals surface area contributed by atoms with Crippen molar-refractivity contribution < 1.29 is 14.6 Å². The van der Waals surface area contributed by atoms with Crippen LogP contribution >= 0.6 is 0 Å². The lowest BCUT2D eigenvalue weighted by molar-refractivity contribution is 0.0984. The summed E-state index contributed by atoms with van der Waals surface area (Å²) >= 11 is 0. The van der Waals surface area contributed by atoms with Gasteiger partial charge in [0.2, 0.25) is 5.88 Å². The molecule has 1 aliphatic rings. The minimum absolute atomic E-state index is 0.166. The maximum atomic E-state index is 9.43. The van der Waals surface area contributed by atoms with Crippen LogP contribution in [0.5, 0.6) is 11.6 Å². The van der Waals surface area contributed by atoms with Gasteiger partial charge in [0.1, 0.15) is 12.5 Å². The van der Waals surface area contributed by atoms with Crippen LogP contribution in [0.2, 0.25) is 0 Å². The highest BCUT2D eigenvalue weighted by Crippen LogP contribution is 2.38. The van der Waals surface area contributed by atoms with Crippen molar-refractivity contribution in [1.29, 1.82) is 0 Å². The number of hydrogen-bond donors (Lipinski definition) is 1. The topological polar surface area (TPSA) is 54.8 Å². The predicted octanol–water partition coefficient (Wildman–Crippen LogP) is 4.56. The van der Waals surface area contributed by atoms with Crippen LogP contribution in [0.4, 0.5) is 5.69 Å². The van der Waals surface area contributed by atoms with Crippen molar-refractivity contribution in [2.24, 2.45) is 0 Å². The third-order valence-electron chi connectivity index (χ3n) is 5.15. The van der Waals surface area contributed by atoms with Gasteiger partial charge in [0.15, 0.2) is 0 Å². The Kier molecular flexibility index (Phi) is 6.02. The molecule has 1 aromatic carbocycles. The summed E-state index contributed by atoms with van der Waals surface area (Å²) in [4.78, 5) is 6.90. The quantitative estimate of drug-likeness (QED) is 0.808. The molecule has 0 bridgehead atoms. The van der Waals surface area contributed by atoms with E-state index in [1.165, 1.54) is 5.56 Å². The summed E-state index contributed by atoms with van der Waals surface area (Å²) in [7, 11) is 0. The van der Waals surface area contributed by atoms with Gasteiger partial charge in [-0.1, -0.05) is 24.6 Å². The lowest BCUT2D eigenvalue weighted by Gasteiger charge is -2.37. The summed E-state index contributed by atoms with van der Waals surface area (Å²) in [5.74, 6) is 1.48. The summed E-state index contributed by atoms with van der Waals surface area (Å²) in [6.45, 7) is 11.5. The van der Waals surface area contributed by atoms with Crippen LogP contribution in [0, 0.1) is 27.7 Å². The average molecular weight is 370 g/mol. The predicted molar refractivity (Wildman–Crippen MR) is 108 cm³/mol. The molecule has 0 aliphatic carbocycles. The van der Waals surface area contributed by atoms with Gasteiger partial charge in [0.05, 0.1) is 17.9 Å². The van der Waals surface area contributed by atoms with Crippen molar-refractivity contribution in [2.75, 3.05) is 18.2 Å². The van der Waals surface area contributed by atoms with Gasteiger partial charge in [-0.15, -0.1) is 0 Å². The monoisotopic (exact) mass is 370 g/mol. The number of fused-ring (bicyclic) bond motifs is 1. The summed E-state index contributed by atoms with van der Waals surface area (Å²) in [6, 6.07) is 6.58. The van der Waals surface area contributed by atoms with E-state index in [2.05, 4.69) is 55.8 Å². The van der Waals surface area contributed by atoms with Gasteiger partial charge in [-0.25, -0.2) is 4.98 Å². The van der Waals surface area contributed by atoms with E-state index in [1.54, 1.807) is 0 Å². The number of aryl methyl sites for hydroxylation is 4. The number of benzene rings is 1. The van der Waals surface area contributed by atoms with Gasteiger partial charge in [-0.3, -0.25) is 0 Å². The summed E-state index contributed by atoms with van der Waals surface area (Å²) in [5.41, 5.74) is 6.42. The molecule has 146 valence electrons. The van der Waals surface area contributed by atoms with E-state index in [1.807, 2.05) is 6.92 Å². The molecule has 1 atom stereocenters. The first-order valence-corrected chi connectivity index (χ1v) is 9.66. The van der Waals surface area contributed by atoms with E-state index in [9.17, 15) is 5.11 Å². The zero-order valence-corrected chi connectivity index (χ0v) is 17.0. The molecular weight excluding hydrogens is 340 g/mol. The fourth-order valence-electron chi connectivity index (χ4n) is 3.90.